The van der Waals surface area contributed by atoms with Gasteiger partial charge in [0.05, 0.1) is 25.6 Å². The average Bonchev–Trinajstić information content (AvgIpc) is 3.30. The molecule has 0 radical (unpaired) electrons. The summed E-state index contributed by atoms with van der Waals surface area (Å²) in [4.78, 5) is 42.7. The fourth-order valence-electron chi connectivity index (χ4n) is 7.38. The number of ether oxygens (including phenoxy) is 2. The van der Waals surface area contributed by atoms with Crippen LogP contribution in [-0.4, -0.2) is 94.1 Å². The molecule has 2 unspecified atom stereocenters. The van der Waals surface area contributed by atoms with Crippen molar-refractivity contribution in [2.75, 3.05) is 31.8 Å². The number of hydrogen-bond acceptors (Lipinski definition) is 17. The van der Waals surface area contributed by atoms with Gasteiger partial charge in [-0.05, 0) is 12.3 Å². The Labute approximate surface area is 268 Å². The molecule has 2 aliphatic heterocycles. The van der Waals surface area contributed by atoms with E-state index < -0.39 is 62.8 Å². The van der Waals surface area contributed by atoms with E-state index in [4.69, 9.17) is 39.0 Å². The Morgan fingerprint density at radius 2 is 1.98 bits per heavy atom. The van der Waals surface area contributed by atoms with E-state index in [1.165, 1.54) is 13.4 Å². The van der Waals surface area contributed by atoms with Crippen molar-refractivity contribution in [3.63, 3.8) is 0 Å². The zero-order chi connectivity index (χ0) is 33.0. The Bertz CT molecular complexity index is 2060. The number of nitrogen functional groups attached to an aromatic ring is 2. The number of methoxy groups -OCH3 is 1. The number of rotatable bonds is 3. The quantitative estimate of drug-likeness (QED) is 0.143. The van der Waals surface area contributed by atoms with Crippen LogP contribution in [0, 0.1) is 17.3 Å². The topological polar surface area (TPSA) is 282 Å². The highest BCUT2D eigenvalue weighted by atomic mass is 32.7. The summed E-state index contributed by atoms with van der Waals surface area (Å²) in [5, 5.41) is 7.82. The second kappa shape index (κ2) is 10.7. The molecule has 252 valence electrons. The highest BCUT2D eigenvalue weighted by Gasteiger charge is 2.73. The molecule has 6 heterocycles. The Morgan fingerprint density at radius 3 is 2.77 bits per heavy atom. The lowest BCUT2D eigenvalue weighted by atomic mass is 9.94. The number of H-pyrrole nitrogens is 1. The molecular formula is C23H29N11O10P2S. The summed E-state index contributed by atoms with van der Waals surface area (Å²) >= 11 is 4.29. The summed E-state index contributed by atoms with van der Waals surface area (Å²) in [6.45, 7) is -2.94. The van der Waals surface area contributed by atoms with Crippen LogP contribution in [0.25, 0.3) is 22.3 Å². The van der Waals surface area contributed by atoms with E-state index in [1.54, 1.807) is 6.33 Å². The highest BCUT2D eigenvalue weighted by molar-refractivity contribution is 8.44. The van der Waals surface area contributed by atoms with E-state index >= 15 is 0 Å². The summed E-state index contributed by atoms with van der Waals surface area (Å²) in [5.74, 6) is -0.530. The van der Waals surface area contributed by atoms with Gasteiger partial charge in [0.1, 0.15) is 30.2 Å². The number of fused-ring (bicyclic) bond motifs is 4. The molecule has 24 heteroatoms. The number of aromatic amines is 1. The normalized spacial score (nSPS) is 40.4. The number of nitrogens with one attached hydrogen (secondary N) is 1. The maximum Gasteiger partial charge on any atom is 0.472 e. The molecular weight excluding hydrogens is 684 g/mol. The number of phosphoric ester groups is 1. The van der Waals surface area contributed by atoms with Crippen LogP contribution in [0.3, 0.4) is 0 Å². The zero-order valence-corrected chi connectivity index (χ0v) is 27.3. The predicted octanol–water partition coefficient (Wildman–Crippen LogP) is 0.584. The molecule has 6 N–H and O–H groups in total. The Morgan fingerprint density at radius 1 is 1.17 bits per heavy atom. The number of imidazole rings is 1. The van der Waals surface area contributed by atoms with E-state index in [2.05, 4.69) is 47.5 Å². The van der Waals surface area contributed by atoms with Crippen molar-refractivity contribution in [3.05, 3.63) is 23.0 Å². The van der Waals surface area contributed by atoms with Crippen molar-refractivity contribution < 1.29 is 41.6 Å². The number of phosphoric acid groups is 1. The third kappa shape index (κ3) is 4.93. The number of nitrogens with two attached hydrogens (primary N) is 2. The summed E-state index contributed by atoms with van der Waals surface area (Å²) in [5.41, 5.74) is 10.9. The van der Waals surface area contributed by atoms with E-state index in [0.29, 0.717) is 17.6 Å². The summed E-state index contributed by atoms with van der Waals surface area (Å²) in [6.07, 6.45) is -2.29. The van der Waals surface area contributed by atoms with E-state index in [0.717, 1.165) is 4.68 Å². The van der Waals surface area contributed by atoms with Gasteiger partial charge in [-0.3, -0.25) is 27.9 Å². The zero-order valence-electron chi connectivity index (χ0n) is 24.6. The van der Waals surface area contributed by atoms with Crippen molar-refractivity contribution in [1.82, 2.24) is 44.5 Å². The second-order valence-corrected chi connectivity index (χ2v) is 16.3. The summed E-state index contributed by atoms with van der Waals surface area (Å²) < 4.78 is 65.4. The summed E-state index contributed by atoms with van der Waals surface area (Å²) in [6, 6.07) is -0.298. The molecule has 2 saturated heterocycles. The molecule has 4 aromatic rings. The maximum atomic E-state index is 13.8. The van der Waals surface area contributed by atoms with Gasteiger partial charge in [0.2, 0.25) is 5.95 Å². The minimum Gasteiger partial charge on any atom is -0.382 e. The van der Waals surface area contributed by atoms with Crippen LogP contribution in [0.2, 0.25) is 0 Å². The van der Waals surface area contributed by atoms with Crippen LogP contribution in [0.15, 0.2) is 17.4 Å². The van der Waals surface area contributed by atoms with Crippen molar-refractivity contribution in [1.29, 1.82) is 0 Å². The van der Waals surface area contributed by atoms with Gasteiger partial charge in [-0.1, -0.05) is 24.4 Å². The van der Waals surface area contributed by atoms with Crippen LogP contribution in [0.1, 0.15) is 25.6 Å². The first-order chi connectivity index (χ1) is 22.3. The highest BCUT2D eigenvalue weighted by Crippen LogP contribution is 2.74. The molecule has 0 amide bonds. The number of nitrogens with zero attached hydrogens (tertiary/aromatic N) is 8. The minimum absolute atomic E-state index is 0.0909. The van der Waals surface area contributed by atoms with Crippen molar-refractivity contribution in [3.8, 4) is 0 Å². The molecule has 4 aliphatic rings. The predicted molar refractivity (Wildman–Crippen MR) is 162 cm³/mol. The van der Waals surface area contributed by atoms with Gasteiger partial charge in [-0.25, -0.2) is 24.1 Å². The lowest BCUT2D eigenvalue weighted by Gasteiger charge is -2.31. The molecule has 4 aromatic heterocycles. The Hall–Kier alpha value is -3.04. The number of thiol groups is 1. The summed E-state index contributed by atoms with van der Waals surface area (Å²) in [7, 11) is -3.57. The van der Waals surface area contributed by atoms with Gasteiger partial charge in [0, 0.05) is 24.5 Å². The lowest BCUT2D eigenvalue weighted by Crippen LogP contribution is -2.37. The first kappa shape index (κ1) is 31.2. The van der Waals surface area contributed by atoms with Crippen molar-refractivity contribution >= 4 is 61.0 Å². The SMILES string of the molecule is CO[C@H]1[C@H]2OP(=O)(O)OCC34C[C@@H]3[C@@H](n3cnc5c(N)ncnc53)[C@H](C)[C@@H]4O[P@@](=O)(S)OC[C@H]1O[C@H]2n1nnc2c(=O)[nH]c(N)nc21. The monoisotopic (exact) mass is 713 g/mol. The van der Waals surface area contributed by atoms with E-state index in [9.17, 15) is 18.8 Å². The Kier molecular flexibility index (Phi) is 7.13. The number of anilines is 2. The third-order valence-electron chi connectivity index (χ3n) is 9.43. The standard InChI is InChI=1S/C23H29N11O10P2S/c1-8-13(33-7-28-11-17(24)26-6-27-18(11)33)9-3-23(9)5-41-45(36,37)43-15-14(39-2)10(4-40-46(38,47)44-16(8)23)42-21(15)34-19-12(31-32-34)20(35)30-22(25)29-19/h6-10,13-16,21H,3-5H2,1-2H3,(H,36,37)(H,38,47)(H2,24,26,27)(H3,25,29,30,35)/t8-,9+,10+,13-,14+,15+,16-,21+,23?,46-/m0/s1. The first-order valence-corrected chi connectivity index (χ1v) is 18.5. The number of aromatic nitrogens is 9. The van der Waals surface area contributed by atoms with Gasteiger partial charge in [0.25, 0.3) is 5.56 Å². The van der Waals surface area contributed by atoms with Gasteiger partial charge >= 0.3 is 14.6 Å². The average molecular weight is 714 g/mol. The smallest absolute Gasteiger partial charge is 0.382 e. The van der Waals surface area contributed by atoms with Crippen LogP contribution in [-0.2, 0) is 36.7 Å². The molecule has 21 nitrogen and oxygen atoms in total. The Balaban J connectivity index is 1.15. The molecule has 2 aliphatic carbocycles. The van der Waals surface area contributed by atoms with Gasteiger partial charge in [0.15, 0.2) is 28.9 Å². The van der Waals surface area contributed by atoms with Crippen LogP contribution < -0.4 is 17.0 Å². The lowest BCUT2D eigenvalue weighted by molar-refractivity contribution is -0.0609. The first-order valence-electron chi connectivity index (χ1n) is 14.4. The van der Waals surface area contributed by atoms with Gasteiger partial charge < -0.3 is 30.4 Å². The minimum atomic E-state index is -4.89. The van der Waals surface area contributed by atoms with Gasteiger partial charge in [-0.15, -0.1) is 5.10 Å². The molecule has 4 fully saturated rings. The molecule has 2 bridgehead atoms. The van der Waals surface area contributed by atoms with Crippen molar-refractivity contribution in [2.24, 2.45) is 17.3 Å². The fourth-order valence-corrected chi connectivity index (χ4v) is 9.97. The molecule has 11 atom stereocenters. The third-order valence-corrected chi connectivity index (χ3v) is 12.0. The van der Waals surface area contributed by atoms with Crippen LogP contribution in [0.4, 0.5) is 11.8 Å². The number of hydrogen-bond donors (Lipinski definition) is 5. The molecule has 1 spiro atoms. The van der Waals surface area contributed by atoms with E-state index in [1.807, 2.05) is 11.5 Å². The van der Waals surface area contributed by atoms with Crippen LogP contribution >= 0.6 is 26.9 Å². The molecule has 0 aromatic carbocycles. The molecule has 2 saturated carbocycles. The van der Waals surface area contributed by atoms with Gasteiger partial charge in [-0.2, -0.15) is 9.67 Å². The van der Waals surface area contributed by atoms with Crippen LogP contribution in [0.5, 0.6) is 0 Å². The molecule has 8 rings (SSSR count). The fraction of sp³-hybridized carbons (Fsp3) is 0.609. The van der Waals surface area contributed by atoms with Crippen molar-refractivity contribution in [2.45, 2.75) is 50.0 Å². The largest absolute Gasteiger partial charge is 0.472 e. The van der Waals surface area contributed by atoms with E-state index in [-0.39, 0.29) is 47.4 Å². The maximum absolute atomic E-state index is 13.8. The second-order valence-electron chi connectivity index (χ2n) is 12.0. The molecule has 47 heavy (non-hydrogen) atoms.